The molecule has 3 nitrogen and oxygen atoms in total. The highest BCUT2D eigenvalue weighted by atomic mass is 32.1. The molecular formula is C32H33F2N3S. The van der Waals surface area contributed by atoms with E-state index in [4.69, 9.17) is 0 Å². The van der Waals surface area contributed by atoms with Crippen LogP contribution in [0.1, 0.15) is 42.9 Å². The van der Waals surface area contributed by atoms with E-state index in [0.29, 0.717) is 28.6 Å². The zero-order valence-corrected chi connectivity index (χ0v) is 22.7. The lowest BCUT2D eigenvalue weighted by Gasteiger charge is -2.28. The van der Waals surface area contributed by atoms with Crippen LogP contribution >= 0.6 is 11.3 Å². The molecule has 0 unspecified atom stereocenters. The van der Waals surface area contributed by atoms with Gasteiger partial charge in [0.1, 0.15) is 11.6 Å². The van der Waals surface area contributed by atoms with Crippen molar-refractivity contribution in [1.82, 2.24) is 10.3 Å². The smallest absolute Gasteiger partial charge is 0.176 e. The van der Waals surface area contributed by atoms with Crippen molar-refractivity contribution in [3.8, 4) is 10.4 Å². The monoisotopic (exact) mass is 529 g/mol. The van der Waals surface area contributed by atoms with E-state index in [1.165, 1.54) is 12.5 Å². The average molecular weight is 530 g/mol. The largest absolute Gasteiger partial charge is 0.359 e. The first-order valence-corrected chi connectivity index (χ1v) is 13.5. The molecule has 3 aromatic rings. The molecule has 196 valence electrons. The Labute approximate surface area is 228 Å². The fraction of sp³-hybridized carbons (Fsp3) is 0.219. The zero-order valence-electron chi connectivity index (χ0n) is 21.9. The molecule has 1 aliphatic carbocycles. The predicted molar refractivity (Wildman–Crippen MR) is 157 cm³/mol. The van der Waals surface area contributed by atoms with Gasteiger partial charge in [-0.15, -0.1) is 11.3 Å². The molecule has 1 aromatic carbocycles. The Morgan fingerprint density at radius 1 is 1.16 bits per heavy atom. The highest BCUT2D eigenvalue weighted by Gasteiger charge is 2.21. The van der Waals surface area contributed by atoms with Crippen LogP contribution < -0.4 is 10.6 Å². The van der Waals surface area contributed by atoms with E-state index in [1.807, 2.05) is 38.1 Å². The van der Waals surface area contributed by atoms with Crippen LogP contribution in [0.2, 0.25) is 0 Å². The van der Waals surface area contributed by atoms with Crippen LogP contribution in [0, 0.1) is 23.8 Å². The van der Waals surface area contributed by atoms with E-state index < -0.39 is 0 Å². The topological polar surface area (TPSA) is 37.0 Å². The molecule has 0 atom stereocenters. The number of nitrogens with zero attached hydrogens (tertiary/aromatic N) is 1. The highest BCUT2D eigenvalue weighted by molar-refractivity contribution is 7.13. The standard InChI is InChI=1S/C32H33F2N3S/c1-6-23(19-26(7-2)37-22(5)24-10-8-11-24)28-13-9-12-25(31(28)34)18-20(3)36-32-21(4)27(16-17-35-32)29-14-15-30(33)38-29/h6-7,9,12-17,19,24,37H,2-3,5,8,10-11,18H2,1,4H3,(H,35,36)/b23-6+,26-19+. The number of rotatable bonds is 11. The number of thiophene rings is 1. The molecule has 0 spiro atoms. The summed E-state index contributed by atoms with van der Waals surface area (Å²) in [6, 6.07) is 10.5. The number of hydrogen-bond donors (Lipinski definition) is 2. The second-order valence-electron chi connectivity index (χ2n) is 9.45. The van der Waals surface area contributed by atoms with Crippen LogP contribution in [-0.2, 0) is 6.42 Å². The van der Waals surface area contributed by atoms with E-state index in [-0.39, 0.29) is 17.4 Å². The van der Waals surface area contributed by atoms with Gasteiger partial charge in [0.2, 0.25) is 0 Å². The lowest BCUT2D eigenvalue weighted by atomic mass is 9.83. The van der Waals surface area contributed by atoms with E-state index in [1.54, 1.807) is 30.5 Å². The predicted octanol–water partition coefficient (Wildman–Crippen LogP) is 8.94. The average Bonchev–Trinajstić information content (AvgIpc) is 3.29. The van der Waals surface area contributed by atoms with E-state index in [2.05, 4.69) is 35.4 Å². The number of nitrogens with one attached hydrogen (secondary N) is 2. The molecule has 38 heavy (non-hydrogen) atoms. The summed E-state index contributed by atoms with van der Waals surface area (Å²) in [6.07, 6.45) is 11.0. The van der Waals surface area contributed by atoms with Crippen molar-refractivity contribution < 1.29 is 8.78 Å². The Balaban J connectivity index is 1.51. The van der Waals surface area contributed by atoms with Gasteiger partial charge in [-0.3, -0.25) is 0 Å². The first-order valence-electron chi connectivity index (χ1n) is 12.7. The molecule has 6 heteroatoms. The van der Waals surface area contributed by atoms with E-state index >= 15 is 4.39 Å². The Morgan fingerprint density at radius 3 is 2.58 bits per heavy atom. The third-order valence-electron chi connectivity index (χ3n) is 6.88. The number of halogens is 2. The normalized spacial score (nSPS) is 14.1. The Kier molecular flexibility index (Phi) is 8.74. The molecule has 0 aliphatic heterocycles. The second-order valence-corrected chi connectivity index (χ2v) is 10.5. The molecular weight excluding hydrogens is 496 g/mol. The summed E-state index contributed by atoms with van der Waals surface area (Å²) in [4.78, 5) is 5.25. The van der Waals surface area contributed by atoms with Gasteiger partial charge in [0.15, 0.2) is 5.13 Å². The van der Waals surface area contributed by atoms with Crippen molar-refractivity contribution >= 4 is 22.7 Å². The molecule has 0 radical (unpaired) electrons. The van der Waals surface area contributed by atoms with Crippen molar-refractivity contribution in [2.24, 2.45) is 5.92 Å². The molecule has 1 aliphatic rings. The molecule has 0 bridgehead atoms. The minimum Gasteiger partial charge on any atom is -0.359 e. The first kappa shape index (κ1) is 27.3. The van der Waals surface area contributed by atoms with Crippen molar-refractivity contribution in [3.05, 3.63) is 125 Å². The molecule has 2 heterocycles. The molecule has 0 amide bonds. The maximum atomic E-state index is 15.7. The fourth-order valence-electron chi connectivity index (χ4n) is 4.44. The lowest BCUT2D eigenvalue weighted by Crippen LogP contribution is -2.23. The fourth-order valence-corrected chi connectivity index (χ4v) is 5.26. The third kappa shape index (κ3) is 6.20. The van der Waals surface area contributed by atoms with Gasteiger partial charge in [-0.25, -0.2) is 9.37 Å². The Morgan fingerprint density at radius 2 is 1.95 bits per heavy atom. The summed E-state index contributed by atoms with van der Waals surface area (Å²) >= 11 is 1.09. The van der Waals surface area contributed by atoms with Crippen LogP contribution in [0.3, 0.4) is 0 Å². The molecule has 2 aromatic heterocycles. The number of aromatic nitrogens is 1. The quantitative estimate of drug-likeness (QED) is 0.244. The van der Waals surface area contributed by atoms with E-state index in [9.17, 15) is 4.39 Å². The summed E-state index contributed by atoms with van der Waals surface area (Å²) in [5, 5.41) is 6.35. The number of allylic oxidation sites excluding steroid dienone is 6. The van der Waals surface area contributed by atoms with Crippen LogP contribution in [0.25, 0.3) is 16.0 Å². The Bertz CT molecular complexity index is 1430. The van der Waals surface area contributed by atoms with Crippen LogP contribution in [0.15, 0.2) is 97.7 Å². The highest BCUT2D eigenvalue weighted by Crippen LogP contribution is 2.33. The molecule has 2 N–H and O–H groups in total. The molecule has 4 rings (SSSR count). The van der Waals surface area contributed by atoms with Gasteiger partial charge in [-0.05, 0) is 79.7 Å². The van der Waals surface area contributed by atoms with Gasteiger partial charge in [-0.2, -0.15) is 4.39 Å². The van der Waals surface area contributed by atoms with Gasteiger partial charge in [-0.1, -0.05) is 50.4 Å². The SMILES string of the molecule is C=C/C(=C\C(=C/C)c1cccc(CC(=C)Nc2nccc(-c3ccc(F)s3)c2C)c1F)NC(=C)C1CCC1. The number of benzene rings is 1. The summed E-state index contributed by atoms with van der Waals surface area (Å²) in [5.74, 6) is 0.799. The van der Waals surface area contributed by atoms with Crippen LogP contribution in [-0.4, -0.2) is 4.98 Å². The van der Waals surface area contributed by atoms with Gasteiger partial charge in [0.05, 0.1) is 0 Å². The number of anilines is 1. The van der Waals surface area contributed by atoms with Gasteiger partial charge < -0.3 is 10.6 Å². The molecule has 1 saturated carbocycles. The minimum absolute atomic E-state index is 0.236. The molecule has 1 fully saturated rings. The zero-order chi connectivity index (χ0) is 27.2. The summed E-state index contributed by atoms with van der Waals surface area (Å²) in [5.41, 5.74) is 5.92. The first-order chi connectivity index (χ1) is 18.3. The van der Waals surface area contributed by atoms with E-state index in [0.717, 1.165) is 57.1 Å². The van der Waals surface area contributed by atoms with Crippen molar-refractivity contribution in [2.45, 2.75) is 39.5 Å². The maximum Gasteiger partial charge on any atom is 0.176 e. The van der Waals surface area contributed by atoms with Crippen molar-refractivity contribution in [3.63, 3.8) is 0 Å². The van der Waals surface area contributed by atoms with Crippen LogP contribution in [0.4, 0.5) is 14.6 Å². The minimum atomic E-state index is -0.298. The second kappa shape index (κ2) is 12.2. The Hall–Kier alpha value is -3.77. The van der Waals surface area contributed by atoms with Gasteiger partial charge in [0, 0.05) is 45.7 Å². The van der Waals surface area contributed by atoms with Crippen LogP contribution in [0.5, 0.6) is 0 Å². The summed E-state index contributed by atoms with van der Waals surface area (Å²) < 4.78 is 29.3. The number of hydrogen-bond acceptors (Lipinski definition) is 4. The lowest BCUT2D eigenvalue weighted by molar-refractivity contribution is 0.356. The van der Waals surface area contributed by atoms with Gasteiger partial charge >= 0.3 is 0 Å². The third-order valence-corrected chi connectivity index (χ3v) is 7.78. The number of pyridine rings is 1. The summed E-state index contributed by atoms with van der Waals surface area (Å²) in [6.45, 7) is 16.0. The maximum absolute atomic E-state index is 15.7. The van der Waals surface area contributed by atoms with Crippen molar-refractivity contribution in [1.29, 1.82) is 0 Å². The molecule has 0 saturated heterocycles. The van der Waals surface area contributed by atoms with Crippen molar-refractivity contribution in [2.75, 3.05) is 5.32 Å². The van der Waals surface area contributed by atoms with Gasteiger partial charge in [0.25, 0.3) is 0 Å². The summed E-state index contributed by atoms with van der Waals surface area (Å²) in [7, 11) is 0.